The molecule has 1 rings (SSSR count). The molecule has 0 heterocycles. The average molecular weight is 309 g/mol. The lowest BCUT2D eigenvalue weighted by molar-refractivity contribution is -0.139. The number of nitrogens with one attached hydrogen (secondary N) is 1. The molecule has 1 N–H and O–H groups in total. The van der Waals surface area contributed by atoms with Crippen molar-refractivity contribution in [1.29, 1.82) is 0 Å². The molecular weight excluding hydrogens is 290 g/mol. The van der Waals surface area contributed by atoms with Gasteiger partial charge in [0.1, 0.15) is 0 Å². The van der Waals surface area contributed by atoms with E-state index in [4.69, 9.17) is 4.74 Å². The number of ketones is 1. The van der Waals surface area contributed by atoms with Crippen LogP contribution in [0.5, 0.6) is 0 Å². The number of carbonyl (C=O) groups is 3. The number of hydrogen-bond donors (Lipinski definition) is 1. The number of thioether (sulfide) groups is 1. The largest absolute Gasteiger partial charge is 0.465 e. The Hall–Kier alpha value is -1.82. The van der Waals surface area contributed by atoms with Crippen LogP contribution < -0.4 is 5.32 Å². The summed E-state index contributed by atoms with van der Waals surface area (Å²) in [6.07, 6.45) is 0. The van der Waals surface area contributed by atoms with E-state index in [0.717, 1.165) is 0 Å². The van der Waals surface area contributed by atoms with E-state index in [1.54, 1.807) is 38.1 Å². The summed E-state index contributed by atoms with van der Waals surface area (Å²) in [6.45, 7) is 5.21. The van der Waals surface area contributed by atoms with Crippen molar-refractivity contribution in [2.75, 3.05) is 17.7 Å². The van der Waals surface area contributed by atoms with Gasteiger partial charge in [0.15, 0.2) is 5.78 Å². The van der Waals surface area contributed by atoms with E-state index in [0.29, 0.717) is 17.9 Å². The quantitative estimate of drug-likeness (QED) is 0.619. The van der Waals surface area contributed by atoms with Gasteiger partial charge in [0.05, 0.1) is 23.3 Å². The molecular formula is C15H19NO4S. The predicted molar refractivity (Wildman–Crippen MR) is 83.6 cm³/mol. The standard InChI is InChI=1S/C15H19NO4S/c1-4-20-14(18)9-21-11(3)15(19)16-13-8-6-5-7-12(13)10(2)17/h5-8,11H,4,9H2,1-3H3,(H,16,19)/t11-/m0/s1. The molecule has 0 saturated heterocycles. The fourth-order valence-corrected chi connectivity index (χ4v) is 2.28. The summed E-state index contributed by atoms with van der Waals surface area (Å²) in [4.78, 5) is 34.8. The summed E-state index contributed by atoms with van der Waals surface area (Å²) in [7, 11) is 0. The van der Waals surface area contributed by atoms with Crippen LogP contribution in [0.3, 0.4) is 0 Å². The zero-order valence-corrected chi connectivity index (χ0v) is 13.2. The summed E-state index contributed by atoms with van der Waals surface area (Å²) in [5.74, 6) is -0.585. The number of Topliss-reactive ketones (excluding diaryl/α,β-unsaturated/α-hetero) is 1. The van der Waals surface area contributed by atoms with E-state index < -0.39 is 5.25 Å². The van der Waals surface area contributed by atoms with Gasteiger partial charge in [-0.2, -0.15) is 0 Å². The molecule has 1 amide bonds. The minimum Gasteiger partial charge on any atom is -0.465 e. The number of ether oxygens (including phenoxy) is 1. The first-order valence-electron chi connectivity index (χ1n) is 6.63. The van der Waals surface area contributed by atoms with Crippen LogP contribution in [0, 0.1) is 0 Å². The van der Waals surface area contributed by atoms with Crippen LogP contribution in [0.2, 0.25) is 0 Å². The minimum absolute atomic E-state index is 0.113. The zero-order valence-electron chi connectivity index (χ0n) is 12.3. The average Bonchev–Trinajstić information content (AvgIpc) is 2.45. The number of benzene rings is 1. The first-order chi connectivity index (χ1) is 9.95. The lowest BCUT2D eigenvalue weighted by Gasteiger charge is -2.13. The second-order valence-corrected chi connectivity index (χ2v) is 5.68. The molecule has 1 aromatic rings. The smallest absolute Gasteiger partial charge is 0.315 e. The molecule has 0 fully saturated rings. The molecule has 0 saturated carbocycles. The Bertz CT molecular complexity index is 530. The van der Waals surface area contributed by atoms with Crippen LogP contribution >= 0.6 is 11.8 Å². The fraction of sp³-hybridized carbons (Fsp3) is 0.400. The number of carbonyl (C=O) groups excluding carboxylic acids is 3. The van der Waals surface area contributed by atoms with Gasteiger partial charge >= 0.3 is 5.97 Å². The van der Waals surface area contributed by atoms with Crippen LogP contribution in [0.1, 0.15) is 31.1 Å². The van der Waals surface area contributed by atoms with Gasteiger partial charge in [0.25, 0.3) is 0 Å². The predicted octanol–water partition coefficient (Wildman–Crippen LogP) is 2.51. The van der Waals surface area contributed by atoms with Gasteiger partial charge in [-0.05, 0) is 32.9 Å². The molecule has 0 bridgehead atoms. The van der Waals surface area contributed by atoms with E-state index in [9.17, 15) is 14.4 Å². The summed E-state index contributed by atoms with van der Waals surface area (Å²) in [6, 6.07) is 6.83. The Balaban J connectivity index is 2.60. The molecule has 0 aliphatic carbocycles. The lowest BCUT2D eigenvalue weighted by atomic mass is 10.1. The highest BCUT2D eigenvalue weighted by molar-refractivity contribution is 8.01. The van der Waals surface area contributed by atoms with Crippen molar-refractivity contribution in [1.82, 2.24) is 0 Å². The molecule has 0 aliphatic rings. The molecule has 0 aromatic heterocycles. The second-order valence-electron chi connectivity index (χ2n) is 4.35. The van der Waals surface area contributed by atoms with E-state index in [1.165, 1.54) is 18.7 Å². The molecule has 0 radical (unpaired) electrons. The molecule has 114 valence electrons. The van der Waals surface area contributed by atoms with Crippen molar-refractivity contribution in [2.24, 2.45) is 0 Å². The van der Waals surface area contributed by atoms with Gasteiger partial charge in [-0.25, -0.2) is 0 Å². The van der Waals surface area contributed by atoms with Gasteiger partial charge in [0.2, 0.25) is 5.91 Å². The maximum atomic E-state index is 12.1. The third kappa shape index (κ3) is 5.59. The normalized spacial score (nSPS) is 11.6. The Morgan fingerprint density at radius 3 is 2.57 bits per heavy atom. The number of hydrogen-bond acceptors (Lipinski definition) is 5. The molecule has 0 unspecified atom stereocenters. The molecule has 21 heavy (non-hydrogen) atoms. The number of amides is 1. The number of anilines is 1. The monoisotopic (exact) mass is 309 g/mol. The molecule has 0 spiro atoms. The fourth-order valence-electron chi connectivity index (χ4n) is 1.60. The Labute approximate surface area is 128 Å². The molecule has 5 nitrogen and oxygen atoms in total. The van der Waals surface area contributed by atoms with E-state index in [2.05, 4.69) is 5.32 Å². The van der Waals surface area contributed by atoms with Gasteiger partial charge in [-0.3, -0.25) is 14.4 Å². The summed E-state index contributed by atoms with van der Waals surface area (Å²) in [5, 5.41) is 2.29. The van der Waals surface area contributed by atoms with Gasteiger partial charge < -0.3 is 10.1 Å². The van der Waals surface area contributed by atoms with Crippen molar-refractivity contribution in [3.05, 3.63) is 29.8 Å². The van der Waals surface area contributed by atoms with Crippen LogP contribution in [-0.2, 0) is 14.3 Å². The van der Waals surface area contributed by atoms with Gasteiger partial charge in [-0.15, -0.1) is 11.8 Å². The SMILES string of the molecule is CCOC(=O)CS[C@@H](C)C(=O)Nc1ccccc1C(C)=O. The Morgan fingerprint density at radius 1 is 1.29 bits per heavy atom. The third-order valence-electron chi connectivity index (χ3n) is 2.69. The highest BCUT2D eigenvalue weighted by Crippen LogP contribution is 2.18. The first-order valence-corrected chi connectivity index (χ1v) is 7.68. The van der Waals surface area contributed by atoms with Crippen molar-refractivity contribution in [2.45, 2.75) is 26.0 Å². The Kier molecular flexibility index (Phi) is 6.94. The lowest BCUT2D eigenvalue weighted by Crippen LogP contribution is -2.25. The van der Waals surface area contributed by atoms with E-state index in [-0.39, 0.29) is 23.4 Å². The highest BCUT2D eigenvalue weighted by atomic mass is 32.2. The third-order valence-corrected chi connectivity index (χ3v) is 3.81. The van der Waals surface area contributed by atoms with Crippen LogP contribution in [0.4, 0.5) is 5.69 Å². The summed E-state index contributed by atoms with van der Waals surface area (Å²) < 4.78 is 4.80. The van der Waals surface area contributed by atoms with Crippen LogP contribution in [0.15, 0.2) is 24.3 Å². The van der Waals surface area contributed by atoms with Gasteiger partial charge in [-0.1, -0.05) is 12.1 Å². The van der Waals surface area contributed by atoms with Crippen molar-refractivity contribution in [3.63, 3.8) is 0 Å². The van der Waals surface area contributed by atoms with Crippen LogP contribution in [-0.4, -0.2) is 35.3 Å². The zero-order chi connectivity index (χ0) is 15.8. The number of rotatable bonds is 7. The van der Waals surface area contributed by atoms with Crippen molar-refractivity contribution < 1.29 is 19.1 Å². The molecule has 6 heteroatoms. The number of esters is 1. The maximum Gasteiger partial charge on any atom is 0.315 e. The summed E-state index contributed by atoms with van der Waals surface area (Å²) in [5.41, 5.74) is 0.951. The van der Waals surface area contributed by atoms with E-state index in [1.807, 2.05) is 0 Å². The summed E-state index contributed by atoms with van der Waals surface area (Å²) >= 11 is 1.19. The van der Waals surface area contributed by atoms with Crippen molar-refractivity contribution in [3.8, 4) is 0 Å². The first kappa shape index (κ1) is 17.2. The van der Waals surface area contributed by atoms with E-state index >= 15 is 0 Å². The molecule has 1 aromatic carbocycles. The maximum absolute atomic E-state index is 12.1. The minimum atomic E-state index is -0.422. The number of para-hydroxylation sites is 1. The second kappa shape index (κ2) is 8.46. The topological polar surface area (TPSA) is 72.5 Å². The highest BCUT2D eigenvalue weighted by Gasteiger charge is 2.17. The molecule has 0 aliphatic heterocycles. The molecule has 1 atom stereocenters. The van der Waals surface area contributed by atoms with Crippen molar-refractivity contribution >= 4 is 35.1 Å². The van der Waals surface area contributed by atoms with Crippen LogP contribution in [0.25, 0.3) is 0 Å². The van der Waals surface area contributed by atoms with Gasteiger partial charge in [0, 0.05) is 5.56 Å². The Morgan fingerprint density at radius 2 is 1.95 bits per heavy atom.